The summed E-state index contributed by atoms with van der Waals surface area (Å²) < 4.78 is 6.34. The van der Waals surface area contributed by atoms with Crippen molar-refractivity contribution in [2.75, 3.05) is 6.54 Å². The van der Waals surface area contributed by atoms with Crippen molar-refractivity contribution in [2.45, 2.75) is 19.4 Å². The van der Waals surface area contributed by atoms with Gasteiger partial charge in [0, 0.05) is 0 Å². The summed E-state index contributed by atoms with van der Waals surface area (Å²) in [5.41, 5.74) is 0.921. The average Bonchev–Trinajstić information content (AvgIpc) is 2.81. The number of furan rings is 1. The zero-order valence-corrected chi connectivity index (χ0v) is 13.5. The summed E-state index contributed by atoms with van der Waals surface area (Å²) in [5, 5.41) is 4.54. The number of hydrogen-bond donors (Lipinski definition) is 1. The van der Waals surface area contributed by atoms with Gasteiger partial charge in [-0.05, 0) is 52.7 Å². The lowest BCUT2D eigenvalue weighted by Gasteiger charge is -2.18. The second-order valence-corrected chi connectivity index (χ2v) is 5.74. The molecule has 19 heavy (non-hydrogen) atoms. The van der Waals surface area contributed by atoms with Crippen molar-refractivity contribution < 1.29 is 4.42 Å². The number of halogens is 3. The Morgan fingerprint density at radius 2 is 2.05 bits per heavy atom. The Balaban J connectivity index is 2.39. The van der Waals surface area contributed by atoms with Gasteiger partial charge in [-0.3, -0.25) is 0 Å². The van der Waals surface area contributed by atoms with E-state index in [9.17, 15) is 0 Å². The van der Waals surface area contributed by atoms with E-state index in [2.05, 4.69) is 28.2 Å². The SMILES string of the molecule is CCCNC(c1ccc(Br)o1)c1cccc(Cl)c1Cl. The van der Waals surface area contributed by atoms with Crippen LogP contribution in [-0.2, 0) is 0 Å². The topological polar surface area (TPSA) is 25.2 Å². The lowest BCUT2D eigenvalue weighted by molar-refractivity contribution is 0.433. The maximum absolute atomic E-state index is 6.30. The molecule has 2 nitrogen and oxygen atoms in total. The van der Waals surface area contributed by atoms with Gasteiger partial charge in [0.15, 0.2) is 4.67 Å². The van der Waals surface area contributed by atoms with Crippen LogP contribution in [0.3, 0.4) is 0 Å². The summed E-state index contributed by atoms with van der Waals surface area (Å²) in [6.45, 7) is 2.98. The molecule has 2 rings (SSSR count). The standard InChI is InChI=1S/C14H14BrCl2NO/c1-2-8-18-14(11-6-7-12(15)19-11)9-4-3-5-10(16)13(9)17/h3-7,14,18H,2,8H2,1H3. The molecule has 1 aromatic carbocycles. The number of rotatable bonds is 5. The van der Waals surface area contributed by atoms with E-state index in [-0.39, 0.29) is 6.04 Å². The van der Waals surface area contributed by atoms with Crippen molar-refractivity contribution in [3.63, 3.8) is 0 Å². The zero-order chi connectivity index (χ0) is 13.8. The van der Waals surface area contributed by atoms with Gasteiger partial charge in [-0.25, -0.2) is 0 Å². The first-order valence-corrected chi connectivity index (χ1v) is 7.61. The van der Waals surface area contributed by atoms with E-state index in [4.69, 9.17) is 27.6 Å². The molecule has 2 aromatic rings. The predicted molar refractivity (Wildman–Crippen MR) is 83.0 cm³/mol. The fourth-order valence-electron chi connectivity index (χ4n) is 1.88. The molecule has 0 aliphatic rings. The van der Waals surface area contributed by atoms with Gasteiger partial charge in [0.1, 0.15) is 5.76 Å². The Labute approximate surface area is 131 Å². The summed E-state index contributed by atoms with van der Waals surface area (Å²) in [7, 11) is 0. The van der Waals surface area contributed by atoms with Crippen molar-refractivity contribution in [2.24, 2.45) is 0 Å². The highest BCUT2D eigenvalue weighted by Gasteiger charge is 2.20. The summed E-state index contributed by atoms with van der Waals surface area (Å²) in [4.78, 5) is 0. The highest BCUT2D eigenvalue weighted by atomic mass is 79.9. The van der Waals surface area contributed by atoms with Gasteiger partial charge < -0.3 is 9.73 Å². The monoisotopic (exact) mass is 361 g/mol. The Hall–Kier alpha value is -0.480. The predicted octanol–water partition coefficient (Wildman–Crippen LogP) is 5.44. The van der Waals surface area contributed by atoms with Gasteiger partial charge in [0.05, 0.1) is 16.1 Å². The van der Waals surface area contributed by atoms with Crippen LogP contribution in [0.1, 0.15) is 30.7 Å². The largest absolute Gasteiger partial charge is 0.452 e. The molecular weight excluding hydrogens is 349 g/mol. The minimum absolute atomic E-state index is 0.0996. The maximum Gasteiger partial charge on any atom is 0.169 e. The van der Waals surface area contributed by atoms with Crippen LogP contribution in [0, 0.1) is 0 Å². The minimum Gasteiger partial charge on any atom is -0.452 e. The molecule has 1 unspecified atom stereocenters. The molecule has 1 heterocycles. The van der Waals surface area contributed by atoms with Gasteiger partial charge in [0.25, 0.3) is 0 Å². The Bertz CT molecular complexity index is 556. The van der Waals surface area contributed by atoms with E-state index in [0.717, 1.165) is 24.3 Å². The van der Waals surface area contributed by atoms with Crippen molar-refractivity contribution in [1.82, 2.24) is 5.32 Å². The van der Waals surface area contributed by atoms with E-state index in [1.807, 2.05) is 24.3 Å². The molecule has 1 atom stereocenters. The minimum atomic E-state index is -0.0996. The second-order valence-electron chi connectivity index (χ2n) is 4.17. The van der Waals surface area contributed by atoms with Crippen LogP contribution in [0.4, 0.5) is 0 Å². The van der Waals surface area contributed by atoms with Crippen LogP contribution >= 0.6 is 39.1 Å². The first kappa shape index (κ1) is 14.9. The fourth-order valence-corrected chi connectivity index (χ4v) is 2.62. The van der Waals surface area contributed by atoms with E-state index in [1.54, 1.807) is 6.07 Å². The van der Waals surface area contributed by atoms with Crippen LogP contribution in [0.25, 0.3) is 0 Å². The van der Waals surface area contributed by atoms with Gasteiger partial charge >= 0.3 is 0 Å². The van der Waals surface area contributed by atoms with Gasteiger partial charge in [-0.15, -0.1) is 0 Å². The molecular formula is C14H14BrCl2NO. The normalized spacial score (nSPS) is 12.6. The first-order valence-electron chi connectivity index (χ1n) is 6.06. The van der Waals surface area contributed by atoms with Gasteiger partial charge in [0.2, 0.25) is 0 Å². The second kappa shape index (κ2) is 6.80. The lowest BCUT2D eigenvalue weighted by atomic mass is 10.0. The van der Waals surface area contributed by atoms with Crippen molar-refractivity contribution in [3.8, 4) is 0 Å². The molecule has 0 aliphatic heterocycles. The zero-order valence-electron chi connectivity index (χ0n) is 10.4. The molecule has 0 bridgehead atoms. The highest BCUT2D eigenvalue weighted by Crippen LogP contribution is 2.34. The number of hydrogen-bond acceptors (Lipinski definition) is 2. The maximum atomic E-state index is 6.30. The Morgan fingerprint density at radius 3 is 2.68 bits per heavy atom. The Kier molecular flexibility index (Phi) is 5.34. The summed E-state index contributed by atoms with van der Waals surface area (Å²) in [6.07, 6.45) is 1.02. The van der Waals surface area contributed by atoms with E-state index in [1.165, 1.54) is 0 Å². The molecule has 0 saturated heterocycles. The molecule has 0 aliphatic carbocycles. The molecule has 0 saturated carbocycles. The molecule has 1 N–H and O–H groups in total. The molecule has 1 aromatic heterocycles. The third kappa shape index (κ3) is 3.54. The van der Waals surface area contributed by atoms with Crippen LogP contribution in [0.5, 0.6) is 0 Å². The van der Waals surface area contributed by atoms with Crippen LogP contribution < -0.4 is 5.32 Å². The van der Waals surface area contributed by atoms with Crippen LogP contribution in [-0.4, -0.2) is 6.54 Å². The molecule has 5 heteroatoms. The average molecular weight is 363 g/mol. The van der Waals surface area contributed by atoms with Crippen LogP contribution in [0.15, 0.2) is 39.4 Å². The van der Waals surface area contributed by atoms with E-state index in [0.29, 0.717) is 14.7 Å². The van der Waals surface area contributed by atoms with Crippen molar-refractivity contribution in [1.29, 1.82) is 0 Å². The smallest absolute Gasteiger partial charge is 0.169 e. The number of benzene rings is 1. The molecule has 0 radical (unpaired) electrons. The highest BCUT2D eigenvalue weighted by molar-refractivity contribution is 9.10. The molecule has 0 spiro atoms. The molecule has 0 amide bonds. The van der Waals surface area contributed by atoms with Crippen molar-refractivity contribution >= 4 is 39.1 Å². The molecule has 102 valence electrons. The van der Waals surface area contributed by atoms with Gasteiger partial charge in [-0.2, -0.15) is 0 Å². The summed E-state index contributed by atoms with van der Waals surface area (Å²) in [5.74, 6) is 0.810. The fraction of sp³-hybridized carbons (Fsp3) is 0.286. The summed E-state index contributed by atoms with van der Waals surface area (Å²) >= 11 is 15.7. The third-order valence-corrected chi connectivity index (χ3v) is 4.03. The quantitative estimate of drug-likeness (QED) is 0.766. The van der Waals surface area contributed by atoms with E-state index < -0.39 is 0 Å². The third-order valence-electron chi connectivity index (χ3n) is 2.77. The van der Waals surface area contributed by atoms with E-state index >= 15 is 0 Å². The van der Waals surface area contributed by atoms with Crippen molar-refractivity contribution in [3.05, 3.63) is 56.4 Å². The number of nitrogens with one attached hydrogen (secondary N) is 1. The molecule has 0 fully saturated rings. The Morgan fingerprint density at radius 1 is 1.26 bits per heavy atom. The summed E-state index contributed by atoms with van der Waals surface area (Å²) in [6, 6.07) is 9.32. The van der Waals surface area contributed by atoms with Crippen LogP contribution in [0.2, 0.25) is 10.0 Å². The lowest BCUT2D eigenvalue weighted by Crippen LogP contribution is -2.23. The van der Waals surface area contributed by atoms with Gasteiger partial charge in [-0.1, -0.05) is 42.3 Å². The first-order chi connectivity index (χ1) is 9.13.